The lowest BCUT2D eigenvalue weighted by molar-refractivity contribution is 0.616. The van der Waals surface area contributed by atoms with E-state index in [4.69, 9.17) is 11.6 Å². The molecule has 2 rings (SSSR count). The average Bonchev–Trinajstić information content (AvgIpc) is 2.46. The first kappa shape index (κ1) is 13.8. The fourth-order valence-electron chi connectivity index (χ4n) is 2.08. The van der Waals surface area contributed by atoms with Crippen LogP contribution in [0.3, 0.4) is 0 Å². The highest BCUT2D eigenvalue weighted by Crippen LogP contribution is 2.27. The molecule has 1 aromatic heterocycles. The van der Waals surface area contributed by atoms with Crippen molar-refractivity contribution in [2.75, 3.05) is 11.4 Å². The van der Waals surface area contributed by atoms with Crippen molar-refractivity contribution in [3.8, 4) is 0 Å². The van der Waals surface area contributed by atoms with E-state index in [-0.39, 0.29) is 5.82 Å². The van der Waals surface area contributed by atoms with Gasteiger partial charge in [0.25, 0.3) is 0 Å². The topological polar surface area (TPSA) is 16.1 Å². The smallest absolute Gasteiger partial charge is 0.146 e. The van der Waals surface area contributed by atoms with Crippen molar-refractivity contribution in [3.63, 3.8) is 0 Å². The van der Waals surface area contributed by atoms with Gasteiger partial charge in [-0.05, 0) is 36.2 Å². The molecule has 0 amide bonds. The number of para-hydroxylation sites is 1. The predicted molar refractivity (Wildman–Crippen MR) is 76.9 cm³/mol. The van der Waals surface area contributed by atoms with Crippen LogP contribution in [0.15, 0.2) is 42.7 Å². The Bertz CT molecular complexity index is 531. The lowest BCUT2D eigenvalue weighted by Crippen LogP contribution is -2.24. The van der Waals surface area contributed by atoms with Crippen molar-refractivity contribution in [2.24, 2.45) is 0 Å². The lowest BCUT2D eigenvalue weighted by atomic mass is 10.1. The molecule has 2 nitrogen and oxygen atoms in total. The zero-order valence-corrected chi connectivity index (χ0v) is 11.6. The summed E-state index contributed by atoms with van der Waals surface area (Å²) < 4.78 is 14.1. The Morgan fingerprint density at radius 3 is 2.58 bits per heavy atom. The summed E-state index contributed by atoms with van der Waals surface area (Å²) >= 11 is 5.90. The third-order valence-electron chi connectivity index (χ3n) is 3.04. The summed E-state index contributed by atoms with van der Waals surface area (Å²) in [5, 5.41) is 0. The summed E-state index contributed by atoms with van der Waals surface area (Å²) in [6.07, 6.45) is 3.49. The van der Waals surface area contributed by atoms with Gasteiger partial charge in [0.2, 0.25) is 0 Å². The van der Waals surface area contributed by atoms with Crippen LogP contribution in [-0.2, 0) is 12.4 Å². The van der Waals surface area contributed by atoms with Crippen molar-refractivity contribution < 1.29 is 4.39 Å². The number of hydrogen-bond donors (Lipinski definition) is 0. The first-order valence-electron chi connectivity index (χ1n) is 6.23. The van der Waals surface area contributed by atoms with E-state index in [1.54, 1.807) is 18.5 Å². The van der Waals surface area contributed by atoms with Gasteiger partial charge >= 0.3 is 0 Å². The van der Waals surface area contributed by atoms with Gasteiger partial charge in [-0.3, -0.25) is 4.98 Å². The van der Waals surface area contributed by atoms with Gasteiger partial charge < -0.3 is 4.90 Å². The van der Waals surface area contributed by atoms with Gasteiger partial charge in [0.05, 0.1) is 5.69 Å². The maximum absolute atomic E-state index is 14.1. The van der Waals surface area contributed by atoms with E-state index in [0.29, 0.717) is 24.7 Å². The maximum Gasteiger partial charge on any atom is 0.146 e. The SMILES string of the molecule is CCN(Cc1ccncc1)c1c(F)cccc1CCl. The molecule has 0 spiro atoms. The number of alkyl halides is 1. The van der Waals surface area contributed by atoms with Gasteiger partial charge in [-0.25, -0.2) is 4.39 Å². The normalized spacial score (nSPS) is 10.5. The van der Waals surface area contributed by atoms with E-state index in [0.717, 1.165) is 11.1 Å². The molecule has 0 atom stereocenters. The van der Waals surface area contributed by atoms with Gasteiger partial charge in [0, 0.05) is 31.4 Å². The molecule has 0 aliphatic heterocycles. The summed E-state index contributed by atoms with van der Waals surface area (Å²) in [6.45, 7) is 3.36. The molecule has 0 saturated heterocycles. The minimum absolute atomic E-state index is 0.228. The highest BCUT2D eigenvalue weighted by atomic mass is 35.5. The third kappa shape index (κ3) is 3.24. The van der Waals surface area contributed by atoms with Crippen LogP contribution in [-0.4, -0.2) is 11.5 Å². The highest BCUT2D eigenvalue weighted by Gasteiger charge is 2.14. The molecule has 19 heavy (non-hydrogen) atoms. The van der Waals surface area contributed by atoms with Crippen LogP contribution < -0.4 is 4.90 Å². The lowest BCUT2D eigenvalue weighted by Gasteiger charge is -2.26. The van der Waals surface area contributed by atoms with Gasteiger partial charge in [-0.15, -0.1) is 11.6 Å². The second-order valence-electron chi connectivity index (χ2n) is 4.25. The molecule has 0 N–H and O–H groups in total. The molecule has 1 aromatic carbocycles. The number of nitrogens with zero attached hydrogens (tertiary/aromatic N) is 2. The van der Waals surface area contributed by atoms with E-state index in [1.165, 1.54) is 6.07 Å². The molecular formula is C15H16ClFN2. The van der Waals surface area contributed by atoms with Crippen molar-refractivity contribution in [1.82, 2.24) is 4.98 Å². The van der Waals surface area contributed by atoms with Gasteiger partial charge in [-0.1, -0.05) is 12.1 Å². The molecule has 0 saturated carbocycles. The summed E-state index contributed by atoms with van der Waals surface area (Å²) in [7, 11) is 0. The Morgan fingerprint density at radius 2 is 1.95 bits per heavy atom. The first-order chi connectivity index (χ1) is 9.26. The van der Waals surface area contributed by atoms with E-state index in [9.17, 15) is 4.39 Å². The summed E-state index contributed by atoms with van der Waals surface area (Å²) in [4.78, 5) is 5.98. The number of pyridine rings is 1. The molecule has 0 bridgehead atoms. The Morgan fingerprint density at radius 1 is 1.21 bits per heavy atom. The monoisotopic (exact) mass is 278 g/mol. The van der Waals surface area contributed by atoms with Crippen LogP contribution >= 0.6 is 11.6 Å². The minimum atomic E-state index is -0.228. The Kier molecular flexibility index (Phi) is 4.74. The summed E-state index contributed by atoms with van der Waals surface area (Å²) in [6, 6.07) is 8.89. The Labute approximate surface area is 117 Å². The van der Waals surface area contributed by atoms with Crippen LogP contribution in [0.2, 0.25) is 0 Å². The average molecular weight is 279 g/mol. The summed E-state index contributed by atoms with van der Waals surface area (Å²) in [5.41, 5.74) is 2.51. The van der Waals surface area contributed by atoms with E-state index in [2.05, 4.69) is 4.98 Å². The van der Waals surface area contributed by atoms with E-state index < -0.39 is 0 Å². The molecule has 100 valence electrons. The minimum Gasteiger partial charge on any atom is -0.365 e. The van der Waals surface area contributed by atoms with Crippen LogP contribution in [0.5, 0.6) is 0 Å². The number of anilines is 1. The number of benzene rings is 1. The molecule has 1 heterocycles. The Balaban J connectivity index is 2.32. The number of hydrogen-bond acceptors (Lipinski definition) is 2. The fraction of sp³-hybridized carbons (Fsp3) is 0.267. The van der Waals surface area contributed by atoms with E-state index in [1.807, 2.05) is 30.0 Å². The molecule has 0 aliphatic carbocycles. The molecule has 2 aromatic rings. The quantitative estimate of drug-likeness (QED) is 0.769. The van der Waals surface area contributed by atoms with Crippen molar-refractivity contribution in [1.29, 1.82) is 0 Å². The molecule has 0 aliphatic rings. The number of rotatable bonds is 5. The summed E-state index contributed by atoms with van der Waals surface area (Å²) in [5.74, 6) is 0.0778. The van der Waals surface area contributed by atoms with Crippen molar-refractivity contribution in [3.05, 3.63) is 59.7 Å². The highest BCUT2D eigenvalue weighted by molar-refractivity contribution is 6.17. The van der Waals surface area contributed by atoms with Crippen molar-refractivity contribution >= 4 is 17.3 Å². The van der Waals surface area contributed by atoms with Gasteiger partial charge in [-0.2, -0.15) is 0 Å². The molecular weight excluding hydrogens is 263 g/mol. The maximum atomic E-state index is 14.1. The van der Waals surface area contributed by atoms with Crippen molar-refractivity contribution in [2.45, 2.75) is 19.3 Å². The second kappa shape index (κ2) is 6.53. The first-order valence-corrected chi connectivity index (χ1v) is 6.77. The van der Waals surface area contributed by atoms with Crippen LogP contribution in [0.4, 0.5) is 10.1 Å². The molecule has 0 radical (unpaired) electrons. The number of aromatic nitrogens is 1. The Hall–Kier alpha value is -1.61. The fourth-order valence-corrected chi connectivity index (χ4v) is 2.30. The molecule has 0 unspecified atom stereocenters. The largest absolute Gasteiger partial charge is 0.365 e. The van der Waals surface area contributed by atoms with E-state index >= 15 is 0 Å². The number of halogens is 2. The molecule has 4 heteroatoms. The van der Waals surface area contributed by atoms with Gasteiger partial charge in [0.15, 0.2) is 0 Å². The standard InChI is InChI=1S/C15H16ClFN2/c1-2-19(11-12-6-8-18-9-7-12)15-13(10-16)4-3-5-14(15)17/h3-9H,2,10-11H2,1H3. The zero-order chi connectivity index (χ0) is 13.7. The van der Waals surface area contributed by atoms with Gasteiger partial charge in [0.1, 0.15) is 5.82 Å². The van der Waals surface area contributed by atoms with Crippen LogP contribution in [0.1, 0.15) is 18.1 Å². The molecule has 0 fully saturated rings. The van der Waals surface area contributed by atoms with Crippen LogP contribution in [0, 0.1) is 5.82 Å². The predicted octanol–water partition coefficient (Wildman–Crippen LogP) is 3.99. The van der Waals surface area contributed by atoms with Crippen LogP contribution in [0.25, 0.3) is 0 Å². The zero-order valence-electron chi connectivity index (χ0n) is 10.8. The third-order valence-corrected chi connectivity index (χ3v) is 3.32. The second-order valence-corrected chi connectivity index (χ2v) is 4.52.